The van der Waals surface area contributed by atoms with Crippen LogP contribution < -0.4 is 10.1 Å². The molecule has 2 aromatic heterocycles. The fourth-order valence-electron chi connectivity index (χ4n) is 2.58. The predicted molar refractivity (Wildman–Crippen MR) is 87.7 cm³/mol. The Morgan fingerprint density at radius 2 is 1.82 bits per heavy atom. The lowest BCUT2D eigenvalue weighted by atomic mass is 10.2. The second kappa shape index (κ2) is 5.04. The lowest BCUT2D eigenvalue weighted by Crippen LogP contribution is -1.95. The first-order valence-electron chi connectivity index (χ1n) is 6.97. The Bertz CT molecular complexity index is 944. The van der Waals surface area contributed by atoms with E-state index in [1.54, 1.807) is 13.4 Å². The van der Waals surface area contributed by atoms with Crippen LogP contribution in [0.25, 0.3) is 21.9 Å². The number of anilines is 2. The van der Waals surface area contributed by atoms with Gasteiger partial charge in [0.25, 0.3) is 0 Å². The molecule has 2 aromatic carbocycles. The monoisotopic (exact) mass is 290 g/mol. The number of rotatable bonds is 3. The fourth-order valence-corrected chi connectivity index (χ4v) is 2.58. The molecule has 5 heteroatoms. The van der Waals surface area contributed by atoms with Crippen LogP contribution in [0, 0.1) is 0 Å². The van der Waals surface area contributed by atoms with E-state index in [1.807, 2.05) is 42.5 Å². The maximum atomic E-state index is 5.18. The molecule has 4 rings (SSSR count). The molecule has 0 aliphatic carbocycles. The molecule has 0 saturated heterocycles. The highest BCUT2D eigenvalue weighted by molar-refractivity contribution is 6.11. The molecular formula is C17H14N4O. The lowest BCUT2D eigenvalue weighted by molar-refractivity contribution is 0.415. The molecule has 0 aliphatic rings. The first-order chi connectivity index (χ1) is 10.8. The zero-order valence-electron chi connectivity index (χ0n) is 12.0. The molecule has 0 bridgehead atoms. The number of fused-ring (bicyclic) bond motifs is 3. The average Bonchev–Trinajstić information content (AvgIpc) is 2.95. The molecule has 2 N–H and O–H groups in total. The van der Waals surface area contributed by atoms with Crippen molar-refractivity contribution >= 4 is 33.4 Å². The summed E-state index contributed by atoms with van der Waals surface area (Å²) in [5.74, 6) is 1.61. The number of benzene rings is 2. The van der Waals surface area contributed by atoms with E-state index < -0.39 is 0 Å². The van der Waals surface area contributed by atoms with Crippen molar-refractivity contribution in [3.05, 3.63) is 54.9 Å². The Labute approximate surface area is 127 Å². The lowest BCUT2D eigenvalue weighted by Gasteiger charge is -2.07. The third kappa shape index (κ3) is 2.03. The van der Waals surface area contributed by atoms with E-state index in [9.17, 15) is 0 Å². The maximum absolute atomic E-state index is 5.18. The van der Waals surface area contributed by atoms with E-state index in [0.717, 1.165) is 39.2 Å². The molecule has 4 aromatic rings. The molecule has 0 saturated carbocycles. The number of methoxy groups -OCH3 is 1. The maximum Gasteiger partial charge on any atom is 0.143 e. The van der Waals surface area contributed by atoms with Gasteiger partial charge in [-0.25, -0.2) is 9.97 Å². The largest absolute Gasteiger partial charge is 0.497 e. The van der Waals surface area contributed by atoms with Crippen LogP contribution in [-0.4, -0.2) is 22.1 Å². The standard InChI is InChI=1S/C17H14N4O/c1-22-12-8-6-11(7-9-12)20-16-15-13-4-2-3-5-14(13)21-17(15)19-10-18-16/h2-10H,1H3,(H2,18,19,20,21). The van der Waals surface area contributed by atoms with Crippen LogP contribution in [0.1, 0.15) is 0 Å². The minimum absolute atomic E-state index is 0.785. The Balaban J connectivity index is 1.83. The molecule has 0 spiro atoms. The van der Waals surface area contributed by atoms with Crippen LogP contribution in [0.4, 0.5) is 11.5 Å². The number of nitrogens with one attached hydrogen (secondary N) is 2. The number of nitrogens with zero attached hydrogens (tertiary/aromatic N) is 2. The summed E-state index contributed by atoms with van der Waals surface area (Å²) in [5, 5.41) is 5.45. The summed E-state index contributed by atoms with van der Waals surface area (Å²) in [7, 11) is 1.66. The van der Waals surface area contributed by atoms with Crippen LogP contribution >= 0.6 is 0 Å². The number of hydrogen-bond acceptors (Lipinski definition) is 4. The van der Waals surface area contributed by atoms with Gasteiger partial charge in [0.2, 0.25) is 0 Å². The number of aromatic nitrogens is 3. The predicted octanol–water partition coefficient (Wildman–Crippen LogP) is 3.86. The second-order valence-electron chi connectivity index (χ2n) is 4.97. The van der Waals surface area contributed by atoms with Gasteiger partial charge in [0, 0.05) is 16.6 Å². The SMILES string of the molecule is COc1ccc(Nc2ncnc3[nH]c4ccccc4c23)cc1. The molecule has 5 nitrogen and oxygen atoms in total. The van der Waals surface area contributed by atoms with E-state index >= 15 is 0 Å². The first-order valence-corrected chi connectivity index (χ1v) is 6.97. The smallest absolute Gasteiger partial charge is 0.143 e. The van der Waals surface area contributed by atoms with Crippen molar-refractivity contribution in [3.8, 4) is 5.75 Å². The van der Waals surface area contributed by atoms with E-state index in [-0.39, 0.29) is 0 Å². The first kappa shape index (κ1) is 12.6. The number of aromatic amines is 1. The van der Waals surface area contributed by atoms with E-state index in [0.29, 0.717) is 0 Å². The second-order valence-corrected chi connectivity index (χ2v) is 4.97. The third-order valence-electron chi connectivity index (χ3n) is 3.65. The van der Waals surface area contributed by atoms with Crippen LogP contribution in [-0.2, 0) is 0 Å². The molecule has 22 heavy (non-hydrogen) atoms. The topological polar surface area (TPSA) is 62.8 Å². The van der Waals surface area contributed by atoms with Gasteiger partial charge in [-0.1, -0.05) is 18.2 Å². The molecule has 0 aliphatic heterocycles. The molecular weight excluding hydrogens is 276 g/mol. The van der Waals surface area contributed by atoms with Gasteiger partial charge in [0.1, 0.15) is 23.5 Å². The Morgan fingerprint density at radius 1 is 1.00 bits per heavy atom. The molecule has 108 valence electrons. The summed E-state index contributed by atoms with van der Waals surface area (Å²) in [4.78, 5) is 12.0. The van der Waals surface area contributed by atoms with Gasteiger partial charge in [0.05, 0.1) is 12.5 Å². The van der Waals surface area contributed by atoms with E-state index in [4.69, 9.17) is 4.74 Å². The molecule has 0 fully saturated rings. The van der Waals surface area contributed by atoms with Crippen LogP contribution in [0.5, 0.6) is 5.75 Å². The number of ether oxygens (including phenoxy) is 1. The summed E-state index contributed by atoms with van der Waals surface area (Å²) in [5.41, 5.74) is 2.83. The summed E-state index contributed by atoms with van der Waals surface area (Å²) >= 11 is 0. The van der Waals surface area contributed by atoms with Crippen molar-refractivity contribution in [3.63, 3.8) is 0 Å². The van der Waals surface area contributed by atoms with Crippen molar-refractivity contribution in [2.45, 2.75) is 0 Å². The summed E-state index contributed by atoms with van der Waals surface area (Å²) in [6.07, 6.45) is 1.56. The number of hydrogen-bond donors (Lipinski definition) is 2. The fraction of sp³-hybridized carbons (Fsp3) is 0.0588. The highest BCUT2D eigenvalue weighted by atomic mass is 16.5. The molecule has 2 heterocycles. The molecule has 0 amide bonds. The van der Waals surface area contributed by atoms with Gasteiger partial charge >= 0.3 is 0 Å². The van der Waals surface area contributed by atoms with Crippen molar-refractivity contribution in [1.29, 1.82) is 0 Å². The zero-order valence-corrected chi connectivity index (χ0v) is 12.0. The van der Waals surface area contributed by atoms with Gasteiger partial charge in [0.15, 0.2) is 0 Å². The highest BCUT2D eigenvalue weighted by Crippen LogP contribution is 2.30. The van der Waals surface area contributed by atoms with Crippen molar-refractivity contribution in [2.24, 2.45) is 0 Å². The number of para-hydroxylation sites is 1. The third-order valence-corrected chi connectivity index (χ3v) is 3.65. The summed E-state index contributed by atoms with van der Waals surface area (Å²) in [6.45, 7) is 0. The Kier molecular flexibility index (Phi) is 2.89. The van der Waals surface area contributed by atoms with Gasteiger partial charge in [-0.3, -0.25) is 0 Å². The molecule has 0 atom stereocenters. The minimum atomic E-state index is 0.785. The minimum Gasteiger partial charge on any atom is -0.497 e. The van der Waals surface area contributed by atoms with Crippen molar-refractivity contribution < 1.29 is 4.74 Å². The van der Waals surface area contributed by atoms with E-state index in [1.165, 1.54) is 0 Å². The average molecular weight is 290 g/mol. The summed E-state index contributed by atoms with van der Waals surface area (Å²) < 4.78 is 5.18. The molecule has 0 unspecified atom stereocenters. The van der Waals surface area contributed by atoms with Gasteiger partial charge < -0.3 is 15.0 Å². The van der Waals surface area contributed by atoms with E-state index in [2.05, 4.69) is 26.3 Å². The Morgan fingerprint density at radius 3 is 2.64 bits per heavy atom. The van der Waals surface area contributed by atoms with Crippen LogP contribution in [0.2, 0.25) is 0 Å². The quantitative estimate of drug-likeness (QED) is 0.601. The zero-order chi connectivity index (χ0) is 14.9. The number of H-pyrrole nitrogens is 1. The van der Waals surface area contributed by atoms with Crippen LogP contribution in [0.3, 0.4) is 0 Å². The molecule has 0 radical (unpaired) electrons. The Hall–Kier alpha value is -3.08. The summed E-state index contributed by atoms with van der Waals surface area (Å²) in [6, 6.07) is 15.9. The van der Waals surface area contributed by atoms with Gasteiger partial charge in [-0.05, 0) is 30.3 Å². The highest BCUT2D eigenvalue weighted by Gasteiger charge is 2.10. The van der Waals surface area contributed by atoms with Crippen molar-refractivity contribution in [1.82, 2.24) is 15.0 Å². The van der Waals surface area contributed by atoms with Crippen molar-refractivity contribution in [2.75, 3.05) is 12.4 Å². The van der Waals surface area contributed by atoms with Crippen LogP contribution in [0.15, 0.2) is 54.9 Å². The van der Waals surface area contributed by atoms with Gasteiger partial charge in [-0.15, -0.1) is 0 Å². The normalized spacial score (nSPS) is 11.0. The van der Waals surface area contributed by atoms with Gasteiger partial charge in [-0.2, -0.15) is 0 Å².